The molecule has 1 fully saturated rings. The van der Waals surface area contributed by atoms with Crippen molar-refractivity contribution >= 4 is 23.1 Å². The first-order chi connectivity index (χ1) is 14.6. The predicted molar refractivity (Wildman–Crippen MR) is 129 cm³/mol. The van der Waals surface area contributed by atoms with E-state index in [2.05, 4.69) is 77.4 Å². The van der Waals surface area contributed by atoms with Crippen molar-refractivity contribution in [2.75, 3.05) is 44.2 Å². The fourth-order valence-corrected chi connectivity index (χ4v) is 4.72. The quantitative estimate of drug-likeness (QED) is 0.499. The zero-order chi connectivity index (χ0) is 21.3. The molecule has 0 spiro atoms. The number of hydrogen-bond acceptors (Lipinski definition) is 5. The Balaban J connectivity index is 1.58. The van der Waals surface area contributed by atoms with Crippen molar-refractivity contribution in [2.45, 2.75) is 46.7 Å². The highest BCUT2D eigenvalue weighted by atomic mass is 32.1. The molecule has 0 aliphatic carbocycles. The fourth-order valence-electron chi connectivity index (χ4n) is 3.70. The standard InChI is InChI=1S/C23H36N6S/c1-5-24-23(27-18(3)15-21-8-7-19(4)30-21)26-17-20-9-10-25-22(16-20)29-13-11-28(6-2)12-14-29/h7-10,16,18H,5-6,11-15,17H2,1-4H3,(H2,24,26,27). The van der Waals surface area contributed by atoms with Crippen LogP contribution < -0.4 is 15.5 Å². The van der Waals surface area contributed by atoms with Crippen LogP contribution in [-0.2, 0) is 13.0 Å². The third-order valence-corrected chi connectivity index (χ3v) is 6.43. The maximum absolute atomic E-state index is 4.83. The summed E-state index contributed by atoms with van der Waals surface area (Å²) in [6.45, 7) is 15.6. The summed E-state index contributed by atoms with van der Waals surface area (Å²) in [5, 5.41) is 6.92. The molecule has 6 nitrogen and oxygen atoms in total. The zero-order valence-corrected chi connectivity index (χ0v) is 19.6. The first kappa shape index (κ1) is 22.6. The minimum Gasteiger partial charge on any atom is -0.357 e. The average Bonchev–Trinajstić information content (AvgIpc) is 3.16. The van der Waals surface area contributed by atoms with E-state index in [0.717, 1.165) is 57.5 Å². The number of pyridine rings is 1. The summed E-state index contributed by atoms with van der Waals surface area (Å²) in [4.78, 5) is 17.1. The Labute approximate surface area is 185 Å². The summed E-state index contributed by atoms with van der Waals surface area (Å²) >= 11 is 1.87. The van der Waals surface area contributed by atoms with Gasteiger partial charge in [0.1, 0.15) is 5.82 Å². The molecule has 1 saturated heterocycles. The Morgan fingerprint density at radius 2 is 2.00 bits per heavy atom. The van der Waals surface area contributed by atoms with Crippen molar-refractivity contribution < 1.29 is 0 Å². The predicted octanol–water partition coefficient (Wildman–Crippen LogP) is 3.28. The zero-order valence-electron chi connectivity index (χ0n) is 18.8. The molecule has 1 atom stereocenters. The van der Waals surface area contributed by atoms with Gasteiger partial charge in [-0.2, -0.15) is 0 Å². The van der Waals surface area contributed by atoms with Crippen LogP contribution in [0.4, 0.5) is 5.82 Å². The summed E-state index contributed by atoms with van der Waals surface area (Å²) in [5.74, 6) is 1.94. The van der Waals surface area contributed by atoms with Crippen LogP contribution in [0.1, 0.15) is 36.1 Å². The Kier molecular flexibility index (Phi) is 8.51. The Hall–Kier alpha value is -2.12. The normalized spacial score (nSPS) is 16.5. The molecule has 2 N–H and O–H groups in total. The highest BCUT2D eigenvalue weighted by Crippen LogP contribution is 2.17. The number of aromatic nitrogens is 1. The van der Waals surface area contributed by atoms with Gasteiger partial charge in [-0.3, -0.25) is 0 Å². The van der Waals surface area contributed by atoms with Gasteiger partial charge in [0, 0.05) is 61.1 Å². The van der Waals surface area contributed by atoms with E-state index in [1.807, 2.05) is 17.5 Å². The number of thiophene rings is 1. The number of likely N-dealkylation sites (N-methyl/N-ethyl adjacent to an activating group) is 1. The van der Waals surface area contributed by atoms with Gasteiger partial charge >= 0.3 is 0 Å². The second-order valence-corrected chi connectivity index (χ2v) is 9.27. The van der Waals surface area contributed by atoms with Gasteiger partial charge in [0.2, 0.25) is 0 Å². The number of aliphatic imine (C=N–C) groups is 1. The molecule has 0 bridgehead atoms. The molecule has 0 radical (unpaired) electrons. The van der Waals surface area contributed by atoms with Crippen LogP contribution in [-0.4, -0.2) is 61.2 Å². The van der Waals surface area contributed by atoms with Gasteiger partial charge in [0.25, 0.3) is 0 Å². The minimum atomic E-state index is 0.323. The molecule has 0 saturated carbocycles. The number of rotatable bonds is 8. The number of aryl methyl sites for hydroxylation is 1. The molecule has 2 aromatic heterocycles. The summed E-state index contributed by atoms with van der Waals surface area (Å²) in [7, 11) is 0. The molecule has 30 heavy (non-hydrogen) atoms. The number of anilines is 1. The van der Waals surface area contributed by atoms with Crippen LogP contribution in [0.15, 0.2) is 35.5 Å². The van der Waals surface area contributed by atoms with E-state index in [9.17, 15) is 0 Å². The van der Waals surface area contributed by atoms with Crippen molar-refractivity contribution in [3.63, 3.8) is 0 Å². The van der Waals surface area contributed by atoms with Gasteiger partial charge in [-0.05, 0) is 57.1 Å². The maximum atomic E-state index is 4.83. The van der Waals surface area contributed by atoms with E-state index < -0.39 is 0 Å². The largest absolute Gasteiger partial charge is 0.357 e. The van der Waals surface area contributed by atoms with Crippen LogP contribution in [0.2, 0.25) is 0 Å². The summed E-state index contributed by atoms with van der Waals surface area (Å²) in [5.41, 5.74) is 1.19. The summed E-state index contributed by atoms with van der Waals surface area (Å²) in [6, 6.07) is 8.99. The maximum Gasteiger partial charge on any atom is 0.191 e. The summed E-state index contributed by atoms with van der Waals surface area (Å²) < 4.78 is 0. The molecule has 1 aliphatic heterocycles. The van der Waals surface area contributed by atoms with Crippen molar-refractivity contribution in [1.29, 1.82) is 0 Å². The van der Waals surface area contributed by atoms with Crippen molar-refractivity contribution in [2.24, 2.45) is 4.99 Å². The van der Waals surface area contributed by atoms with E-state index in [0.29, 0.717) is 12.6 Å². The summed E-state index contributed by atoms with van der Waals surface area (Å²) in [6.07, 6.45) is 2.92. The molecular formula is C23H36N6S. The number of guanidine groups is 1. The molecule has 1 unspecified atom stereocenters. The minimum absolute atomic E-state index is 0.323. The Bertz CT molecular complexity index is 810. The first-order valence-electron chi connectivity index (χ1n) is 11.1. The molecule has 2 aromatic rings. The lowest BCUT2D eigenvalue weighted by Crippen LogP contribution is -2.46. The van der Waals surface area contributed by atoms with Gasteiger partial charge in [-0.1, -0.05) is 6.92 Å². The molecule has 3 rings (SSSR count). The molecule has 0 amide bonds. The number of hydrogen-bond donors (Lipinski definition) is 2. The van der Waals surface area contributed by atoms with Crippen LogP contribution >= 0.6 is 11.3 Å². The van der Waals surface area contributed by atoms with E-state index >= 15 is 0 Å². The van der Waals surface area contributed by atoms with Crippen molar-refractivity contribution in [3.8, 4) is 0 Å². The van der Waals surface area contributed by atoms with E-state index in [-0.39, 0.29) is 0 Å². The second kappa shape index (κ2) is 11.3. The van der Waals surface area contributed by atoms with Crippen LogP contribution in [0.5, 0.6) is 0 Å². The molecular weight excluding hydrogens is 392 g/mol. The molecule has 0 aromatic carbocycles. The lowest BCUT2D eigenvalue weighted by atomic mass is 10.2. The van der Waals surface area contributed by atoms with Crippen LogP contribution in [0.25, 0.3) is 0 Å². The van der Waals surface area contributed by atoms with Gasteiger partial charge in [0.05, 0.1) is 6.54 Å². The van der Waals surface area contributed by atoms with Crippen molar-refractivity contribution in [1.82, 2.24) is 20.5 Å². The number of nitrogens with one attached hydrogen (secondary N) is 2. The molecule has 164 valence electrons. The second-order valence-electron chi connectivity index (χ2n) is 7.90. The third kappa shape index (κ3) is 6.71. The smallest absolute Gasteiger partial charge is 0.191 e. The topological polar surface area (TPSA) is 55.8 Å². The van der Waals surface area contributed by atoms with E-state index in [1.165, 1.54) is 15.3 Å². The Morgan fingerprint density at radius 3 is 2.67 bits per heavy atom. The van der Waals surface area contributed by atoms with E-state index in [4.69, 9.17) is 4.99 Å². The van der Waals surface area contributed by atoms with Gasteiger partial charge in [-0.25, -0.2) is 9.98 Å². The van der Waals surface area contributed by atoms with Crippen LogP contribution in [0, 0.1) is 6.92 Å². The lowest BCUT2D eigenvalue weighted by molar-refractivity contribution is 0.270. The Morgan fingerprint density at radius 1 is 1.20 bits per heavy atom. The molecule has 7 heteroatoms. The number of piperazine rings is 1. The highest BCUT2D eigenvalue weighted by Gasteiger charge is 2.17. The van der Waals surface area contributed by atoms with Crippen LogP contribution in [0.3, 0.4) is 0 Å². The van der Waals surface area contributed by atoms with Gasteiger partial charge in [0.15, 0.2) is 5.96 Å². The highest BCUT2D eigenvalue weighted by molar-refractivity contribution is 7.11. The third-order valence-electron chi connectivity index (χ3n) is 5.40. The van der Waals surface area contributed by atoms with Crippen molar-refractivity contribution in [3.05, 3.63) is 45.8 Å². The van der Waals surface area contributed by atoms with E-state index in [1.54, 1.807) is 0 Å². The van der Waals surface area contributed by atoms with Gasteiger partial charge < -0.3 is 20.4 Å². The SMILES string of the molecule is CCNC(=NCc1ccnc(N2CCN(CC)CC2)c1)NC(C)Cc1ccc(C)s1. The monoisotopic (exact) mass is 428 g/mol. The fraction of sp³-hybridized carbons (Fsp3) is 0.565. The average molecular weight is 429 g/mol. The molecule has 1 aliphatic rings. The lowest BCUT2D eigenvalue weighted by Gasteiger charge is -2.34. The first-order valence-corrected chi connectivity index (χ1v) is 11.9. The van der Waals surface area contributed by atoms with Gasteiger partial charge in [-0.15, -0.1) is 11.3 Å². The molecule has 3 heterocycles. The number of nitrogens with zero attached hydrogens (tertiary/aromatic N) is 4.